The molecule has 0 amide bonds. The minimum Gasteiger partial charge on any atom is -0.480 e. The number of fused-ring (bicyclic) bond motifs is 1. The quantitative estimate of drug-likeness (QED) is 0.541. The van der Waals surface area contributed by atoms with E-state index in [1.54, 1.807) is 26.2 Å². The first-order valence-electron chi connectivity index (χ1n) is 11.2. The van der Waals surface area contributed by atoms with Gasteiger partial charge in [-0.15, -0.1) is 0 Å². The summed E-state index contributed by atoms with van der Waals surface area (Å²) in [6, 6.07) is 7.21. The van der Waals surface area contributed by atoms with Crippen LogP contribution in [0.1, 0.15) is 27.2 Å². The fourth-order valence-electron chi connectivity index (χ4n) is 3.97. The number of aryl methyl sites for hydroxylation is 1. The average Bonchev–Trinajstić information content (AvgIpc) is 2.81. The summed E-state index contributed by atoms with van der Waals surface area (Å²) in [6.45, 7) is 7.06. The van der Waals surface area contributed by atoms with Crippen LogP contribution in [0.5, 0.6) is 5.75 Å². The Kier molecular flexibility index (Phi) is 7.04. The second-order valence-corrected chi connectivity index (χ2v) is 8.89. The number of aromatic nitrogens is 3. The molecule has 0 saturated carbocycles. The number of pyridine rings is 1. The van der Waals surface area contributed by atoms with E-state index in [1.165, 1.54) is 4.57 Å². The number of carbonyl (C=O) groups is 1. The van der Waals surface area contributed by atoms with E-state index < -0.39 is 0 Å². The molecule has 1 aliphatic heterocycles. The Morgan fingerprint density at radius 2 is 2.00 bits per heavy atom. The Hall–Kier alpha value is -3.17. The van der Waals surface area contributed by atoms with Crippen LogP contribution in [0.25, 0.3) is 10.9 Å². The zero-order valence-corrected chi connectivity index (χ0v) is 20.4. The second kappa shape index (κ2) is 9.99. The van der Waals surface area contributed by atoms with Crippen LogP contribution in [0.4, 0.5) is 17.5 Å². The van der Waals surface area contributed by atoms with Gasteiger partial charge in [-0.25, -0.2) is 4.98 Å². The predicted molar refractivity (Wildman–Crippen MR) is 133 cm³/mol. The molecule has 1 saturated heterocycles. The van der Waals surface area contributed by atoms with Crippen LogP contribution in [-0.2, 0) is 16.6 Å². The van der Waals surface area contributed by atoms with Gasteiger partial charge >= 0.3 is 0 Å². The molecule has 9 nitrogen and oxygen atoms in total. The van der Waals surface area contributed by atoms with Crippen molar-refractivity contribution in [1.82, 2.24) is 14.5 Å². The highest BCUT2D eigenvalue weighted by Crippen LogP contribution is 2.28. The van der Waals surface area contributed by atoms with E-state index in [1.807, 2.05) is 32.0 Å². The van der Waals surface area contributed by atoms with Crippen molar-refractivity contribution < 1.29 is 14.3 Å². The highest BCUT2D eigenvalue weighted by molar-refractivity contribution is 6.32. The molecular formula is C24H28ClN5O4. The van der Waals surface area contributed by atoms with Crippen LogP contribution in [0, 0.1) is 0 Å². The number of ether oxygens (including phenoxy) is 2. The van der Waals surface area contributed by atoms with Crippen LogP contribution in [0.15, 0.2) is 35.3 Å². The number of rotatable bonds is 7. The second-order valence-electron chi connectivity index (χ2n) is 8.48. The molecule has 34 heavy (non-hydrogen) atoms. The third kappa shape index (κ3) is 5.15. The maximum atomic E-state index is 12.6. The summed E-state index contributed by atoms with van der Waals surface area (Å²) >= 11 is 6.39. The first-order valence-corrected chi connectivity index (χ1v) is 11.6. The number of hydrogen-bond acceptors (Lipinski definition) is 8. The maximum Gasteiger partial charge on any atom is 0.293 e. The lowest BCUT2D eigenvalue weighted by molar-refractivity contribution is -0.120. The van der Waals surface area contributed by atoms with Gasteiger partial charge in [0, 0.05) is 37.6 Å². The lowest BCUT2D eigenvalue weighted by Crippen LogP contribution is -2.46. The van der Waals surface area contributed by atoms with Gasteiger partial charge in [0.25, 0.3) is 5.56 Å². The lowest BCUT2D eigenvalue weighted by Gasteiger charge is -2.35. The van der Waals surface area contributed by atoms with Crippen molar-refractivity contribution in [3.05, 3.63) is 45.8 Å². The fourth-order valence-corrected chi connectivity index (χ4v) is 4.11. The van der Waals surface area contributed by atoms with E-state index in [-0.39, 0.29) is 35.9 Å². The summed E-state index contributed by atoms with van der Waals surface area (Å²) in [5.74, 6) is 1.11. The molecule has 0 aliphatic carbocycles. The summed E-state index contributed by atoms with van der Waals surface area (Å²) in [5, 5.41) is 4.42. The molecule has 10 heteroatoms. The van der Waals surface area contributed by atoms with E-state index in [4.69, 9.17) is 21.1 Å². The molecule has 2 unspecified atom stereocenters. The lowest BCUT2D eigenvalue weighted by atomic mass is 10.2. The molecule has 1 aromatic carbocycles. The van der Waals surface area contributed by atoms with Gasteiger partial charge in [-0.1, -0.05) is 18.5 Å². The van der Waals surface area contributed by atoms with Gasteiger partial charge in [0.05, 0.1) is 23.9 Å². The molecule has 3 heterocycles. The van der Waals surface area contributed by atoms with Crippen molar-refractivity contribution in [3.8, 4) is 5.75 Å². The predicted octanol–water partition coefficient (Wildman–Crippen LogP) is 3.70. The topological polar surface area (TPSA) is 98.6 Å². The largest absolute Gasteiger partial charge is 0.480 e. The molecule has 0 spiro atoms. The van der Waals surface area contributed by atoms with Crippen molar-refractivity contribution in [2.75, 3.05) is 29.9 Å². The van der Waals surface area contributed by atoms with Gasteiger partial charge in [-0.3, -0.25) is 9.59 Å². The van der Waals surface area contributed by atoms with Crippen LogP contribution in [-0.4, -0.2) is 52.2 Å². The van der Waals surface area contributed by atoms with E-state index in [9.17, 15) is 9.59 Å². The molecule has 0 radical (unpaired) electrons. The van der Waals surface area contributed by atoms with Gasteiger partial charge in [0.15, 0.2) is 17.4 Å². The third-order valence-corrected chi connectivity index (χ3v) is 5.95. The van der Waals surface area contributed by atoms with Crippen molar-refractivity contribution in [1.29, 1.82) is 0 Å². The minimum absolute atomic E-state index is 0.0733. The van der Waals surface area contributed by atoms with Crippen molar-refractivity contribution in [3.63, 3.8) is 0 Å². The number of halogens is 1. The van der Waals surface area contributed by atoms with Crippen molar-refractivity contribution in [2.24, 2.45) is 7.05 Å². The van der Waals surface area contributed by atoms with E-state index in [0.29, 0.717) is 36.3 Å². The Balaban J connectivity index is 1.62. The molecule has 2 aromatic heterocycles. The molecule has 1 fully saturated rings. The van der Waals surface area contributed by atoms with E-state index >= 15 is 0 Å². The Morgan fingerprint density at radius 1 is 1.26 bits per heavy atom. The van der Waals surface area contributed by atoms with Crippen molar-refractivity contribution in [2.45, 2.75) is 39.4 Å². The van der Waals surface area contributed by atoms with E-state index in [2.05, 4.69) is 20.2 Å². The van der Waals surface area contributed by atoms with Gasteiger partial charge in [0.1, 0.15) is 11.6 Å². The number of Topliss-reactive ketones (excluding diaryl/α,β-unsaturated/α-hetero) is 1. The molecule has 3 aromatic rings. The number of benzene rings is 1. The molecule has 2 atom stereocenters. The summed E-state index contributed by atoms with van der Waals surface area (Å²) < 4.78 is 12.8. The standard InChI is InChI=1S/C24H28ClN5O4/c1-5-18(31)13-33-21-9-16-8-17(6-7-20(16)29(4)23(21)32)27-22-19(25)10-26-24(28-22)30-11-14(2)34-15(3)12-30/h6-10,14-15H,5,11-13H2,1-4H3,(H,26,27,28). The SMILES string of the molecule is CCC(=O)COc1cc2cc(Nc3nc(N4CC(C)OC(C)C4)ncc3Cl)ccc2n(C)c1=O. The zero-order chi connectivity index (χ0) is 24.4. The number of nitrogens with one attached hydrogen (secondary N) is 1. The average molecular weight is 486 g/mol. The molecule has 180 valence electrons. The Labute approximate surface area is 202 Å². The third-order valence-electron chi connectivity index (χ3n) is 5.67. The molecule has 1 N–H and O–H groups in total. The number of nitrogens with zero attached hydrogens (tertiary/aromatic N) is 4. The highest BCUT2D eigenvalue weighted by Gasteiger charge is 2.24. The molecule has 0 bridgehead atoms. The first-order chi connectivity index (χ1) is 16.2. The van der Waals surface area contributed by atoms with Gasteiger partial charge < -0.3 is 24.3 Å². The van der Waals surface area contributed by atoms with Crippen molar-refractivity contribution >= 4 is 45.7 Å². The van der Waals surface area contributed by atoms with Gasteiger partial charge in [-0.05, 0) is 38.1 Å². The summed E-state index contributed by atoms with van der Waals surface area (Å²) in [7, 11) is 1.67. The van der Waals surface area contributed by atoms with E-state index in [0.717, 1.165) is 16.6 Å². The number of ketones is 1. The smallest absolute Gasteiger partial charge is 0.293 e. The van der Waals surface area contributed by atoms with Crippen LogP contribution in [0.3, 0.4) is 0 Å². The molecular weight excluding hydrogens is 458 g/mol. The van der Waals surface area contributed by atoms with Crippen LogP contribution in [0.2, 0.25) is 5.02 Å². The fraction of sp³-hybridized carbons (Fsp3) is 0.417. The summed E-state index contributed by atoms with van der Waals surface area (Å²) in [5.41, 5.74) is 1.17. The van der Waals surface area contributed by atoms with Crippen LogP contribution < -0.4 is 20.5 Å². The number of hydrogen-bond donors (Lipinski definition) is 1. The normalized spacial score (nSPS) is 18.2. The zero-order valence-electron chi connectivity index (χ0n) is 19.7. The van der Waals surface area contributed by atoms with Gasteiger partial charge in [0.2, 0.25) is 5.95 Å². The highest BCUT2D eigenvalue weighted by atomic mass is 35.5. The maximum absolute atomic E-state index is 12.6. The summed E-state index contributed by atoms with van der Waals surface area (Å²) in [6.07, 6.45) is 2.09. The number of anilines is 3. The number of morpholine rings is 1. The molecule has 4 rings (SSSR count). The summed E-state index contributed by atoms with van der Waals surface area (Å²) in [4.78, 5) is 35.4. The monoisotopic (exact) mass is 485 g/mol. The minimum atomic E-state index is -0.297. The Morgan fingerprint density at radius 3 is 2.71 bits per heavy atom. The Bertz CT molecular complexity index is 1270. The van der Waals surface area contributed by atoms with Crippen LogP contribution >= 0.6 is 11.6 Å². The number of carbonyl (C=O) groups excluding carboxylic acids is 1. The molecule has 1 aliphatic rings. The first kappa shape index (κ1) is 24.0. The van der Waals surface area contributed by atoms with Gasteiger partial charge in [-0.2, -0.15) is 4.98 Å².